The Morgan fingerprint density at radius 2 is 2.18 bits per heavy atom. The van der Waals surface area contributed by atoms with Crippen LogP contribution in [0.5, 0.6) is 0 Å². The van der Waals surface area contributed by atoms with Crippen molar-refractivity contribution in [2.75, 3.05) is 11.5 Å². The number of hydrogen-bond donors (Lipinski definition) is 1. The van der Waals surface area contributed by atoms with E-state index in [0.29, 0.717) is 0 Å². The molecular formula is C9H12N2O4S2. The van der Waals surface area contributed by atoms with Crippen molar-refractivity contribution in [2.45, 2.75) is 24.3 Å². The number of thioether (sulfide) groups is 1. The van der Waals surface area contributed by atoms with Crippen molar-refractivity contribution in [3.05, 3.63) is 0 Å². The summed E-state index contributed by atoms with van der Waals surface area (Å²) in [6.07, 6.45) is 1.87. The molecule has 2 fully saturated rings. The van der Waals surface area contributed by atoms with Crippen molar-refractivity contribution in [3.8, 4) is 6.07 Å². The van der Waals surface area contributed by atoms with Gasteiger partial charge in [0.15, 0.2) is 5.75 Å². The molecule has 0 spiro atoms. The Bertz CT molecular complexity index is 466. The van der Waals surface area contributed by atoms with Gasteiger partial charge in [-0.05, 0) is 18.8 Å². The predicted molar refractivity (Wildman–Crippen MR) is 61.6 cm³/mol. The summed E-state index contributed by atoms with van der Waals surface area (Å²) >= 11 is 1.37. The summed E-state index contributed by atoms with van der Waals surface area (Å²) in [5.74, 6) is -1.28. The Balaban J connectivity index is 2.29. The van der Waals surface area contributed by atoms with Crippen molar-refractivity contribution >= 4 is 27.8 Å². The lowest BCUT2D eigenvalue weighted by Crippen LogP contribution is -2.47. The van der Waals surface area contributed by atoms with Gasteiger partial charge in [-0.3, -0.25) is 4.79 Å². The first-order valence-electron chi connectivity index (χ1n) is 5.20. The molecule has 1 heterocycles. The number of nitrogens with zero attached hydrogens (tertiary/aromatic N) is 2. The molecule has 2 rings (SSSR count). The van der Waals surface area contributed by atoms with Gasteiger partial charge in [-0.15, -0.1) is 11.8 Å². The van der Waals surface area contributed by atoms with Crippen LogP contribution in [0, 0.1) is 17.2 Å². The quantitative estimate of drug-likeness (QED) is 0.780. The molecule has 0 aromatic heterocycles. The Kier molecular flexibility index (Phi) is 3.34. The smallest absolute Gasteiger partial charge is 0.322 e. The first-order valence-corrected chi connectivity index (χ1v) is 7.85. The standard InChI is InChI=1S/C9H12N2O4S2/c10-3-4-17(14,15)11-7(9(12)13)5-16-8(11)6-1-2-6/h6-8H,1-2,4-5H2,(H,12,13). The second-order valence-corrected chi connectivity index (χ2v) is 7.18. The molecule has 0 radical (unpaired) electrons. The fourth-order valence-electron chi connectivity index (χ4n) is 1.93. The Labute approximate surface area is 104 Å². The van der Waals surface area contributed by atoms with Crippen LogP contribution >= 0.6 is 11.8 Å². The summed E-state index contributed by atoms with van der Waals surface area (Å²) < 4.78 is 24.9. The van der Waals surface area contributed by atoms with E-state index in [1.165, 1.54) is 11.8 Å². The van der Waals surface area contributed by atoms with E-state index in [4.69, 9.17) is 10.4 Å². The molecule has 1 aliphatic heterocycles. The minimum atomic E-state index is -3.79. The van der Waals surface area contributed by atoms with Gasteiger partial charge in [0.2, 0.25) is 10.0 Å². The lowest BCUT2D eigenvalue weighted by atomic mass is 10.3. The van der Waals surface area contributed by atoms with Crippen LogP contribution in [0.1, 0.15) is 12.8 Å². The van der Waals surface area contributed by atoms with Gasteiger partial charge in [0, 0.05) is 5.75 Å². The molecular weight excluding hydrogens is 264 g/mol. The van der Waals surface area contributed by atoms with Crippen molar-refractivity contribution in [3.63, 3.8) is 0 Å². The van der Waals surface area contributed by atoms with Crippen LogP contribution in [-0.4, -0.2) is 46.7 Å². The van der Waals surface area contributed by atoms with E-state index >= 15 is 0 Å². The van der Waals surface area contributed by atoms with Crippen LogP contribution in [0.4, 0.5) is 0 Å². The van der Waals surface area contributed by atoms with Gasteiger partial charge < -0.3 is 5.11 Å². The van der Waals surface area contributed by atoms with Crippen LogP contribution in [-0.2, 0) is 14.8 Å². The number of hydrogen-bond acceptors (Lipinski definition) is 5. The summed E-state index contributed by atoms with van der Waals surface area (Å²) in [5.41, 5.74) is 0. The summed E-state index contributed by atoms with van der Waals surface area (Å²) in [5, 5.41) is 17.3. The number of carbonyl (C=O) groups is 1. The zero-order valence-corrected chi connectivity index (χ0v) is 10.6. The van der Waals surface area contributed by atoms with E-state index in [2.05, 4.69) is 0 Å². The van der Waals surface area contributed by atoms with Crippen molar-refractivity contribution in [1.82, 2.24) is 4.31 Å². The third kappa shape index (κ3) is 2.41. The molecule has 0 bridgehead atoms. The van der Waals surface area contributed by atoms with Gasteiger partial charge in [-0.2, -0.15) is 9.57 Å². The van der Waals surface area contributed by atoms with Gasteiger partial charge in [-0.25, -0.2) is 8.42 Å². The van der Waals surface area contributed by atoms with Gasteiger partial charge >= 0.3 is 5.97 Å². The summed E-state index contributed by atoms with van der Waals surface area (Å²) in [6.45, 7) is 0. The molecule has 1 aliphatic carbocycles. The maximum atomic E-state index is 11.9. The maximum absolute atomic E-state index is 11.9. The van der Waals surface area contributed by atoms with Gasteiger partial charge in [0.25, 0.3) is 0 Å². The van der Waals surface area contributed by atoms with Crippen LogP contribution in [0.2, 0.25) is 0 Å². The number of nitriles is 1. The zero-order valence-electron chi connectivity index (χ0n) is 8.94. The lowest BCUT2D eigenvalue weighted by molar-refractivity contribution is -0.140. The number of sulfonamides is 1. The molecule has 8 heteroatoms. The molecule has 2 aliphatic rings. The molecule has 0 amide bonds. The molecule has 2 atom stereocenters. The van der Waals surface area contributed by atoms with E-state index < -0.39 is 27.8 Å². The molecule has 1 saturated carbocycles. The van der Waals surface area contributed by atoms with Crippen molar-refractivity contribution in [1.29, 1.82) is 5.26 Å². The second kappa shape index (κ2) is 4.48. The Morgan fingerprint density at radius 1 is 1.53 bits per heavy atom. The van der Waals surface area contributed by atoms with E-state index in [9.17, 15) is 13.2 Å². The summed E-state index contributed by atoms with van der Waals surface area (Å²) in [6, 6.07) is 0.568. The van der Waals surface area contributed by atoms with Gasteiger partial charge in [-0.1, -0.05) is 0 Å². The van der Waals surface area contributed by atoms with Crippen molar-refractivity contribution in [2.24, 2.45) is 5.92 Å². The third-order valence-electron chi connectivity index (χ3n) is 2.86. The average Bonchev–Trinajstić information content (AvgIpc) is 2.96. The highest BCUT2D eigenvalue weighted by Crippen LogP contribution is 2.46. The van der Waals surface area contributed by atoms with E-state index in [0.717, 1.165) is 17.1 Å². The predicted octanol–water partition coefficient (Wildman–Crippen LogP) is 0.0779. The minimum Gasteiger partial charge on any atom is -0.480 e. The van der Waals surface area contributed by atoms with E-state index in [1.54, 1.807) is 6.07 Å². The minimum absolute atomic E-state index is 0.248. The first-order chi connectivity index (χ1) is 7.97. The number of carboxylic acids is 1. The monoisotopic (exact) mass is 276 g/mol. The Hall–Kier alpha value is -0.780. The van der Waals surface area contributed by atoms with E-state index in [1.807, 2.05) is 0 Å². The number of rotatable bonds is 4. The first kappa shape index (κ1) is 12.7. The van der Waals surface area contributed by atoms with Gasteiger partial charge in [0.1, 0.15) is 6.04 Å². The third-order valence-corrected chi connectivity index (χ3v) is 6.07. The SMILES string of the molecule is N#CCS(=O)(=O)N1C(C(=O)O)CSC1C1CC1. The topological polar surface area (TPSA) is 98.5 Å². The lowest BCUT2D eigenvalue weighted by Gasteiger charge is -2.25. The molecule has 0 aromatic carbocycles. The highest BCUT2D eigenvalue weighted by Gasteiger charge is 2.50. The fraction of sp³-hybridized carbons (Fsp3) is 0.778. The summed E-state index contributed by atoms with van der Waals surface area (Å²) in [7, 11) is -3.79. The average molecular weight is 276 g/mol. The molecule has 17 heavy (non-hydrogen) atoms. The van der Waals surface area contributed by atoms with Crippen LogP contribution in [0.3, 0.4) is 0 Å². The maximum Gasteiger partial charge on any atom is 0.322 e. The molecule has 1 N–H and O–H groups in total. The molecule has 2 unspecified atom stereocenters. The second-order valence-electron chi connectivity index (χ2n) is 4.16. The molecule has 94 valence electrons. The number of aliphatic carboxylic acids is 1. The number of carboxylic acid groups (broad SMARTS) is 1. The van der Waals surface area contributed by atoms with Crippen LogP contribution in [0.25, 0.3) is 0 Å². The molecule has 0 aromatic rings. The van der Waals surface area contributed by atoms with Crippen LogP contribution < -0.4 is 0 Å². The van der Waals surface area contributed by atoms with Gasteiger partial charge in [0.05, 0.1) is 11.4 Å². The highest BCUT2D eigenvalue weighted by molar-refractivity contribution is 8.01. The van der Waals surface area contributed by atoms with Crippen molar-refractivity contribution < 1.29 is 18.3 Å². The summed E-state index contributed by atoms with van der Waals surface area (Å²) in [4.78, 5) is 11.0. The fourth-order valence-corrected chi connectivity index (χ4v) is 5.47. The molecule has 6 nitrogen and oxygen atoms in total. The Morgan fingerprint density at radius 3 is 2.65 bits per heavy atom. The molecule has 1 saturated heterocycles. The van der Waals surface area contributed by atoms with Crippen LogP contribution in [0.15, 0.2) is 0 Å². The normalized spacial score (nSPS) is 30.1. The highest BCUT2D eigenvalue weighted by atomic mass is 32.2. The largest absolute Gasteiger partial charge is 0.480 e. The van der Waals surface area contributed by atoms with E-state index in [-0.39, 0.29) is 17.0 Å². The zero-order chi connectivity index (χ0) is 12.6.